The predicted molar refractivity (Wildman–Crippen MR) is 116 cm³/mol. The van der Waals surface area contributed by atoms with Crippen molar-refractivity contribution in [3.05, 3.63) is 35.7 Å². The Morgan fingerprint density at radius 2 is 1.68 bits per heavy atom. The number of H-pyrrole nitrogens is 1. The Labute approximate surface area is 195 Å². The van der Waals surface area contributed by atoms with E-state index in [9.17, 15) is 18.0 Å². The number of carbonyl (C=O) groups excluding carboxylic acids is 1. The number of hydrogen-bond acceptors (Lipinski definition) is 3. The van der Waals surface area contributed by atoms with Crippen molar-refractivity contribution < 1.29 is 18.0 Å². The molecule has 3 aliphatic carbocycles. The molecular formula is C24H29F3N6O. The summed E-state index contributed by atoms with van der Waals surface area (Å²) >= 11 is 0. The number of carbonyl (C=O) groups is 1. The molecule has 4 heterocycles. The van der Waals surface area contributed by atoms with E-state index in [0.717, 1.165) is 58.1 Å². The van der Waals surface area contributed by atoms with Crippen LogP contribution in [0.1, 0.15) is 67.4 Å². The van der Waals surface area contributed by atoms with Crippen LogP contribution < -0.4 is 0 Å². The fourth-order valence-corrected chi connectivity index (χ4v) is 7.07. The highest BCUT2D eigenvalue weighted by atomic mass is 19.4. The van der Waals surface area contributed by atoms with Gasteiger partial charge in [0.1, 0.15) is 0 Å². The molecule has 0 radical (unpaired) electrons. The number of imidazole rings is 1. The molecule has 2 saturated heterocycles. The summed E-state index contributed by atoms with van der Waals surface area (Å²) in [4.78, 5) is 20.3. The summed E-state index contributed by atoms with van der Waals surface area (Å²) in [6, 6.07) is 2.41. The standard InChI is InChI=1S/C24H29F3N6O/c25-24(26,27)20-9-31(14-28-20)8-15-4-22(5-15)10-32(11-22)21(34)33-12-23(13-33)6-17(7-23)19-3-18(29-30-19)16-1-2-16/h3,9,14-17H,1-2,4-8,10-13H2,(H,29,30). The quantitative estimate of drug-likeness (QED) is 0.722. The van der Waals surface area contributed by atoms with Gasteiger partial charge in [-0.15, -0.1) is 0 Å². The van der Waals surface area contributed by atoms with Crippen LogP contribution in [0.3, 0.4) is 0 Å². The highest BCUT2D eigenvalue weighted by molar-refractivity contribution is 5.77. The lowest BCUT2D eigenvalue weighted by atomic mass is 9.56. The first-order valence-electron chi connectivity index (χ1n) is 12.4. The summed E-state index contributed by atoms with van der Waals surface area (Å²) in [6.45, 7) is 3.85. The molecule has 2 amide bonds. The Morgan fingerprint density at radius 3 is 2.26 bits per heavy atom. The van der Waals surface area contributed by atoms with Gasteiger partial charge in [-0.1, -0.05) is 0 Å². The van der Waals surface area contributed by atoms with E-state index in [1.165, 1.54) is 30.6 Å². The Kier molecular flexibility index (Phi) is 4.16. The van der Waals surface area contributed by atoms with Crippen LogP contribution in [0.4, 0.5) is 18.0 Å². The van der Waals surface area contributed by atoms with Crippen LogP contribution >= 0.6 is 0 Å². The Bertz CT molecular complexity index is 1110. The molecule has 1 N–H and O–H groups in total. The number of alkyl halides is 3. The van der Waals surface area contributed by atoms with Gasteiger partial charge in [0.25, 0.3) is 0 Å². The molecule has 2 spiro atoms. The van der Waals surface area contributed by atoms with Crippen molar-refractivity contribution in [3.8, 4) is 0 Å². The molecule has 0 aromatic carbocycles. The van der Waals surface area contributed by atoms with Crippen molar-refractivity contribution in [3.63, 3.8) is 0 Å². The molecule has 0 unspecified atom stereocenters. The zero-order chi connectivity index (χ0) is 23.3. The van der Waals surface area contributed by atoms with Gasteiger partial charge in [0, 0.05) is 67.3 Å². The molecule has 7 rings (SSSR count). The second-order valence-electron chi connectivity index (χ2n) is 11.9. The lowest BCUT2D eigenvalue weighted by molar-refractivity contribution is -0.141. The van der Waals surface area contributed by atoms with Gasteiger partial charge in [0.05, 0.1) is 12.0 Å². The van der Waals surface area contributed by atoms with Gasteiger partial charge < -0.3 is 14.4 Å². The van der Waals surface area contributed by atoms with E-state index in [2.05, 4.69) is 21.2 Å². The smallest absolute Gasteiger partial charge is 0.337 e. The molecule has 3 saturated carbocycles. The van der Waals surface area contributed by atoms with Crippen LogP contribution in [0, 0.1) is 16.7 Å². The van der Waals surface area contributed by atoms with Crippen LogP contribution in [0.15, 0.2) is 18.6 Å². The number of hydrogen-bond donors (Lipinski definition) is 1. The van der Waals surface area contributed by atoms with Crippen molar-refractivity contribution in [1.29, 1.82) is 0 Å². The van der Waals surface area contributed by atoms with Gasteiger partial charge in [-0.3, -0.25) is 5.10 Å². The van der Waals surface area contributed by atoms with E-state index in [-0.39, 0.29) is 11.4 Å². The van der Waals surface area contributed by atoms with Crippen LogP contribution in [-0.2, 0) is 12.7 Å². The normalized spacial score (nSPS) is 25.7. The van der Waals surface area contributed by atoms with Crippen LogP contribution in [0.25, 0.3) is 0 Å². The molecule has 7 nitrogen and oxygen atoms in total. The fourth-order valence-electron chi connectivity index (χ4n) is 7.07. The molecule has 5 fully saturated rings. The number of aromatic nitrogens is 4. The Morgan fingerprint density at radius 1 is 1.03 bits per heavy atom. The van der Waals surface area contributed by atoms with E-state index in [1.807, 2.05) is 9.80 Å². The molecule has 2 aliphatic heterocycles. The lowest BCUT2D eigenvalue weighted by Crippen LogP contribution is -2.71. The molecule has 5 aliphatic rings. The van der Waals surface area contributed by atoms with Crippen LogP contribution in [0.5, 0.6) is 0 Å². The fraction of sp³-hybridized carbons (Fsp3) is 0.708. The van der Waals surface area contributed by atoms with Gasteiger partial charge >= 0.3 is 12.2 Å². The summed E-state index contributed by atoms with van der Waals surface area (Å²) in [7, 11) is 0. The molecule has 34 heavy (non-hydrogen) atoms. The minimum atomic E-state index is -4.39. The third-order valence-electron chi connectivity index (χ3n) is 8.89. The van der Waals surface area contributed by atoms with Crippen LogP contribution in [0.2, 0.25) is 0 Å². The van der Waals surface area contributed by atoms with E-state index in [0.29, 0.717) is 29.7 Å². The van der Waals surface area contributed by atoms with Crippen molar-refractivity contribution in [1.82, 2.24) is 29.5 Å². The molecule has 2 aromatic rings. The number of amides is 2. The number of likely N-dealkylation sites (tertiary alicyclic amines) is 2. The first-order chi connectivity index (χ1) is 16.2. The summed E-state index contributed by atoms with van der Waals surface area (Å²) in [5.74, 6) is 1.59. The molecule has 10 heteroatoms. The Hall–Kier alpha value is -2.52. The predicted octanol–water partition coefficient (Wildman–Crippen LogP) is 4.21. The minimum absolute atomic E-state index is 0.158. The van der Waals surface area contributed by atoms with E-state index < -0.39 is 11.9 Å². The largest absolute Gasteiger partial charge is 0.434 e. The zero-order valence-corrected chi connectivity index (χ0v) is 19.0. The van der Waals surface area contributed by atoms with Crippen molar-refractivity contribution in [2.24, 2.45) is 16.7 Å². The number of aromatic amines is 1. The van der Waals surface area contributed by atoms with Gasteiger partial charge in [-0.25, -0.2) is 9.78 Å². The maximum absolute atomic E-state index is 12.9. The minimum Gasteiger partial charge on any atom is -0.337 e. The van der Waals surface area contributed by atoms with E-state index in [4.69, 9.17) is 0 Å². The van der Waals surface area contributed by atoms with E-state index >= 15 is 0 Å². The number of nitrogens with zero attached hydrogens (tertiary/aromatic N) is 5. The third kappa shape index (κ3) is 3.35. The maximum Gasteiger partial charge on any atom is 0.434 e. The Balaban J connectivity index is 0.844. The molecule has 0 bridgehead atoms. The van der Waals surface area contributed by atoms with Crippen LogP contribution in [-0.4, -0.2) is 61.8 Å². The van der Waals surface area contributed by atoms with Gasteiger partial charge in [-0.05, 0) is 50.5 Å². The lowest BCUT2D eigenvalue weighted by Gasteiger charge is -2.63. The van der Waals surface area contributed by atoms with Gasteiger partial charge in [0.15, 0.2) is 5.69 Å². The topological polar surface area (TPSA) is 70.1 Å². The third-order valence-corrected chi connectivity index (χ3v) is 8.89. The first-order valence-corrected chi connectivity index (χ1v) is 12.4. The second kappa shape index (κ2) is 6.79. The second-order valence-corrected chi connectivity index (χ2v) is 11.9. The van der Waals surface area contributed by atoms with Crippen molar-refractivity contribution in [2.75, 3.05) is 26.2 Å². The molecule has 2 aromatic heterocycles. The molecule has 0 atom stereocenters. The average Bonchev–Trinajstić information content (AvgIpc) is 3.19. The monoisotopic (exact) mass is 474 g/mol. The summed E-state index contributed by atoms with van der Waals surface area (Å²) < 4.78 is 39.7. The van der Waals surface area contributed by atoms with Crippen molar-refractivity contribution >= 4 is 6.03 Å². The highest BCUT2D eigenvalue weighted by Crippen LogP contribution is 2.57. The summed E-state index contributed by atoms with van der Waals surface area (Å²) in [5.41, 5.74) is 2.14. The molecular weight excluding hydrogens is 445 g/mol. The SMILES string of the molecule is O=C(N1CC2(CC(Cn3cnc(C(F)(F)F)c3)C2)C1)N1CC2(CC(c3cc(C4CC4)n[nH]3)C2)C1. The number of halogens is 3. The van der Waals surface area contributed by atoms with E-state index in [1.54, 1.807) is 4.57 Å². The summed E-state index contributed by atoms with van der Waals surface area (Å²) in [5, 5.41) is 7.72. The first kappa shape index (κ1) is 20.8. The number of rotatable bonds is 4. The maximum atomic E-state index is 12.9. The van der Waals surface area contributed by atoms with Crippen molar-refractivity contribution in [2.45, 2.75) is 63.1 Å². The molecule has 182 valence electrons. The van der Waals surface area contributed by atoms with Gasteiger partial charge in [0.2, 0.25) is 0 Å². The van der Waals surface area contributed by atoms with Gasteiger partial charge in [-0.2, -0.15) is 18.3 Å². The highest BCUT2D eigenvalue weighted by Gasteiger charge is 2.58. The average molecular weight is 475 g/mol. The number of urea groups is 1. The zero-order valence-electron chi connectivity index (χ0n) is 19.0. The summed E-state index contributed by atoms with van der Waals surface area (Å²) in [6.07, 6.45) is 4.71. The number of nitrogens with one attached hydrogen (secondary N) is 1.